The lowest BCUT2D eigenvalue weighted by molar-refractivity contribution is 0.827. The standard InChI is InChI=1S/C14H17N3S/c1-2-3-4-5-6-7-9-15-13-12-8-10-18-14(12)17-11-16-13/h8,10-11H,2-4,7,9H2,1H3,(H,15,16,17). The van der Waals surface area contributed by atoms with E-state index in [9.17, 15) is 0 Å². The molecule has 18 heavy (non-hydrogen) atoms. The number of fused-ring (bicyclic) bond motifs is 1. The minimum Gasteiger partial charge on any atom is -0.368 e. The average Bonchev–Trinajstić information content (AvgIpc) is 2.86. The molecule has 4 heteroatoms. The third-order valence-electron chi connectivity index (χ3n) is 2.58. The van der Waals surface area contributed by atoms with Gasteiger partial charge in [0.2, 0.25) is 0 Å². The molecule has 0 saturated carbocycles. The van der Waals surface area contributed by atoms with E-state index in [1.807, 2.05) is 5.38 Å². The van der Waals surface area contributed by atoms with Gasteiger partial charge < -0.3 is 5.32 Å². The molecule has 0 bridgehead atoms. The van der Waals surface area contributed by atoms with Crippen molar-refractivity contribution in [2.45, 2.75) is 32.6 Å². The predicted molar refractivity (Wildman–Crippen MR) is 77.8 cm³/mol. The zero-order chi connectivity index (χ0) is 12.6. The van der Waals surface area contributed by atoms with Gasteiger partial charge in [-0.25, -0.2) is 9.97 Å². The second-order valence-electron chi connectivity index (χ2n) is 4.00. The fourth-order valence-electron chi connectivity index (χ4n) is 1.62. The van der Waals surface area contributed by atoms with Gasteiger partial charge in [0.1, 0.15) is 17.0 Å². The van der Waals surface area contributed by atoms with Crippen LogP contribution in [0.5, 0.6) is 0 Å². The third kappa shape index (κ3) is 3.44. The molecule has 3 nitrogen and oxygen atoms in total. The number of hydrogen-bond donors (Lipinski definition) is 1. The van der Waals surface area contributed by atoms with Crippen molar-refractivity contribution in [3.8, 4) is 11.8 Å². The maximum Gasteiger partial charge on any atom is 0.138 e. The lowest BCUT2D eigenvalue weighted by Gasteiger charge is -2.03. The van der Waals surface area contributed by atoms with Gasteiger partial charge in [0.05, 0.1) is 5.39 Å². The molecule has 0 unspecified atom stereocenters. The molecule has 0 radical (unpaired) electrons. The summed E-state index contributed by atoms with van der Waals surface area (Å²) in [5, 5.41) is 6.45. The number of hydrogen-bond acceptors (Lipinski definition) is 4. The topological polar surface area (TPSA) is 37.8 Å². The zero-order valence-electron chi connectivity index (χ0n) is 10.6. The van der Waals surface area contributed by atoms with Crippen LogP contribution in [0.15, 0.2) is 17.8 Å². The van der Waals surface area contributed by atoms with Crippen LogP contribution in [0.2, 0.25) is 0 Å². The lowest BCUT2D eigenvalue weighted by atomic mass is 10.2. The van der Waals surface area contributed by atoms with Crippen LogP contribution in [-0.2, 0) is 0 Å². The highest BCUT2D eigenvalue weighted by Gasteiger charge is 2.02. The summed E-state index contributed by atoms with van der Waals surface area (Å²) in [6.07, 6.45) is 5.89. The normalized spacial score (nSPS) is 10.1. The molecule has 0 fully saturated rings. The van der Waals surface area contributed by atoms with Crippen LogP contribution in [0.1, 0.15) is 32.6 Å². The van der Waals surface area contributed by atoms with Crippen molar-refractivity contribution in [2.75, 3.05) is 11.9 Å². The number of nitrogens with one attached hydrogen (secondary N) is 1. The SMILES string of the molecule is CCCCC#CCCNc1ncnc2sccc12. The van der Waals surface area contributed by atoms with Crippen LogP contribution in [0.4, 0.5) is 5.82 Å². The lowest BCUT2D eigenvalue weighted by Crippen LogP contribution is -2.02. The van der Waals surface area contributed by atoms with Gasteiger partial charge in [0.25, 0.3) is 0 Å². The minimum atomic E-state index is 0.834. The van der Waals surface area contributed by atoms with Crippen LogP contribution in [0.25, 0.3) is 10.2 Å². The van der Waals surface area contributed by atoms with E-state index in [0.717, 1.165) is 35.4 Å². The molecule has 0 atom stereocenters. The van der Waals surface area contributed by atoms with Gasteiger partial charge in [-0.15, -0.1) is 23.2 Å². The number of aromatic nitrogens is 2. The van der Waals surface area contributed by atoms with Crippen LogP contribution < -0.4 is 5.32 Å². The van der Waals surface area contributed by atoms with Gasteiger partial charge in [-0.05, 0) is 17.9 Å². The first-order valence-electron chi connectivity index (χ1n) is 6.29. The van der Waals surface area contributed by atoms with E-state index in [4.69, 9.17) is 0 Å². The Hall–Kier alpha value is -1.60. The molecule has 94 valence electrons. The van der Waals surface area contributed by atoms with Crippen molar-refractivity contribution >= 4 is 27.4 Å². The molecule has 0 spiro atoms. The summed E-state index contributed by atoms with van der Waals surface area (Å²) in [5.74, 6) is 7.28. The number of thiophene rings is 1. The van der Waals surface area contributed by atoms with E-state index in [1.165, 1.54) is 12.8 Å². The van der Waals surface area contributed by atoms with Crippen molar-refractivity contribution in [1.29, 1.82) is 0 Å². The Kier molecular flexibility index (Phi) is 4.98. The average molecular weight is 259 g/mol. The van der Waals surface area contributed by atoms with Gasteiger partial charge >= 0.3 is 0 Å². The van der Waals surface area contributed by atoms with Crippen molar-refractivity contribution in [3.05, 3.63) is 17.8 Å². The minimum absolute atomic E-state index is 0.834. The monoisotopic (exact) mass is 259 g/mol. The molecule has 0 aliphatic heterocycles. The molecular formula is C14H17N3S. The van der Waals surface area contributed by atoms with Crippen molar-refractivity contribution < 1.29 is 0 Å². The van der Waals surface area contributed by atoms with E-state index < -0.39 is 0 Å². The summed E-state index contributed by atoms with van der Waals surface area (Å²) >= 11 is 1.64. The fourth-order valence-corrected chi connectivity index (χ4v) is 2.35. The molecule has 0 aliphatic carbocycles. The smallest absolute Gasteiger partial charge is 0.138 e. The second-order valence-corrected chi connectivity index (χ2v) is 4.89. The van der Waals surface area contributed by atoms with Crippen LogP contribution in [0, 0.1) is 11.8 Å². The summed E-state index contributed by atoms with van der Waals surface area (Å²) in [6, 6.07) is 2.05. The van der Waals surface area contributed by atoms with Crippen LogP contribution >= 0.6 is 11.3 Å². The van der Waals surface area contributed by atoms with E-state index in [1.54, 1.807) is 17.7 Å². The summed E-state index contributed by atoms with van der Waals surface area (Å²) in [4.78, 5) is 9.51. The van der Waals surface area contributed by atoms with Crippen molar-refractivity contribution in [1.82, 2.24) is 9.97 Å². The summed E-state index contributed by atoms with van der Waals surface area (Å²) in [6.45, 7) is 3.02. The Bertz CT molecular complexity index is 551. The first-order valence-corrected chi connectivity index (χ1v) is 7.17. The molecule has 1 N–H and O–H groups in total. The number of nitrogens with zero attached hydrogens (tertiary/aromatic N) is 2. The van der Waals surface area contributed by atoms with E-state index in [2.05, 4.69) is 40.1 Å². The van der Waals surface area contributed by atoms with Crippen molar-refractivity contribution in [3.63, 3.8) is 0 Å². The van der Waals surface area contributed by atoms with Gasteiger partial charge in [0.15, 0.2) is 0 Å². The molecule has 0 aliphatic rings. The Balaban J connectivity index is 1.83. The second kappa shape index (κ2) is 6.97. The van der Waals surface area contributed by atoms with E-state index in [0.29, 0.717) is 0 Å². The zero-order valence-corrected chi connectivity index (χ0v) is 11.4. The molecule has 0 aromatic carbocycles. The van der Waals surface area contributed by atoms with Gasteiger partial charge in [-0.1, -0.05) is 13.3 Å². The molecule has 0 saturated heterocycles. The van der Waals surface area contributed by atoms with Gasteiger partial charge in [-0.3, -0.25) is 0 Å². The number of unbranched alkanes of at least 4 members (excludes halogenated alkanes) is 2. The Morgan fingerprint density at radius 1 is 1.28 bits per heavy atom. The van der Waals surface area contributed by atoms with Crippen LogP contribution in [-0.4, -0.2) is 16.5 Å². The highest BCUT2D eigenvalue weighted by atomic mass is 32.1. The molecular weight excluding hydrogens is 242 g/mol. The first kappa shape index (κ1) is 12.8. The molecule has 2 heterocycles. The first-order chi connectivity index (χ1) is 8.92. The summed E-state index contributed by atoms with van der Waals surface area (Å²) < 4.78 is 0. The van der Waals surface area contributed by atoms with Gasteiger partial charge in [0, 0.05) is 19.4 Å². The summed E-state index contributed by atoms with van der Waals surface area (Å²) in [5.41, 5.74) is 0. The quantitative estimate of drug-likeness (QED) is 0.657. The van der Waals surface area contributed by atoms with Crippen LogP contribution in [0.3, 0.4) is 0 Å². The Labute approximate surface area is 112 Å². The molecule has 2 aromatic heterocycles. The third-order valence-corrected chi connectivity index (χ3v) is 3.41. The predicted octanol–water partition coefficient (Wildman–Crippen LogP) is 3.69. The number of rotatable bonds is 5. The molecule has 2 aromatic rings. The molecule has 2 rings (SSSR count). The highest BCUT2D eigenvalue weighted by Crippen LogP contribution is 2.23. The van der Waals surface area contributed by atoms with E-state index >= 15 is 0 Å². The summed E-state index contributed by atoms with van der Waals surface area (Å²) in [7, 11) is 0. The number of anilines is 1. The Morgan fingerprint density at radius 2 is 2.17 bits per heavy atom. The Morgan fingerprint density at radius 3 is 3.06 bits per heavy atom. The van der Waals surface area contributed by atoms with E-state index in [-0.39, 0.29) is 0 Å². The highest BCUT2D eigenvalue weighted by molar-refractivity contribution is 7.16. The maximum absolute atomic E-state index is 4.26. The fraction of sp³-hybridized carbons (Fsp3) is 0.429. The van der Waals surface area contributed by atoms with Crippen molar-refractivity contribution in [2.24, 2.45) is 0 Å². The van der Waals surface area contributed by atoms with Gasteiger partial charge in [-0.2, -0.15) is 0 Å². The maximum atomic E-state index is 4.26. The largest absolute Gasteiger partial charge is 0.368 e. The molecule has 0 amide bonds.